The maximum Gasteiger partial charge on any atom is 0.108 e. The molecule has 86 valence electrons. The van der Waals surface area contributed by atoms with E-state index in [-0.39, 0.29) is 26.3 Å². The van der Waals surface area contributed by atoms with Crippen LogP contribution in [0.2, 0.25) is 0 Å². The molecular formula is C12H20INO. The van der Waals surface area contributed by atoms with E-state index in [1.54, 1.807) is 10.6 Å². The van der Waals surface area contributed by atoms with Crippen molar-refractivity contribution < 1.29 is 4.74 Å². The average Bonchev–Trinajstić information content (AvgIpc) is 2.27. The van der Waals surface area contributed by atoms with Gasteiger partial charge in [-0.25, -0.2) is 0 Å². The molecule has 1 aliphatic rings. The van der Waals surface area contributed by atoms with Gasteiger partial charge in [0.25, 0.3) is 0 Å². The highest BCUT2D eigenvalue weighted by Gasteiger charge is 2.29. The standard InChI is InChI=1S/C12H20INO/c1-9(2)7-10-8-12(3,15-4)11(14)5-6-13-10/h5H,1,6-8,14H2,2-4H3/t12-/m0/s1. The molecule has 2 N–H and O–H groups in total. The molecule has 0 aromatic rings. The van der Waals surface area contributed by atoms with Crippen LogP contribution in [-0.2, 0) is 4.74 Å². The zero-order valence-electron chi connectivity index (χ0n) is 9.77. The molecule has 1 aliphatic heterocycles. The summed E-state index contributed by atoms with van der Waals surface area (Å²) in [5.74, 6) is 0. The Hall–Kier alpha value is -0.160. The monoisotopic (exact) mass is 321 g/mol. The van der Waals surface area contributed by atoms with Gasteiger partial charge in [0.1, 0.15) is 5.60 Å². The van der Waals surface area contributed by atoms with Gasteiger partial charge in [-0.3, -0.25) is 0 Å². The van der Waals surface area contributed by atoms with E-state index in [2.05, 4.69) is 26.5 Å². The second kappa shape index (κ2) is 5.25. The molecule has 0 saturated carbocycles. The highest BCUT2D eigenvalue weighted by Crippen LogP contribution is 2.29. The van der Waals surface area contributed by atoms with Crippen molar-refractivity contribution in [3.63, 3.8) is 0 Å². The lowest BCUT2D eigenvalue weighted by atomic mass is 9.94. The Morgan fingerprint density at radius 3 is 2.93 bits per heavy atom. The summed E-state index contributed by atoms with van der Waals surface area (Å²) in [6, 6.07) is 0. The van der Waals surface area contributed by atoms with Crippen molar-refractivity contribution in [2.75, 3.05) is 11.5 Å². The highest BCUT2D eigenvalue weighted by atomic mass is 127. The first-order valence-corrected chi connectivity index (χ1v) is 7.68. The van der Waals surface area contributed by atoms with Crippen molar-refractivity contribution >= 4 is 24.2 Å². The molecule has 0 radical (unpaired) electrons. The van der Waals surface area contributed by atoms with Crippen LogP contribution in [0, 0.1) is 0 Å². The highest BCUT2D eigenvalue weighted by molar-refractivity contribution is 14.2. The number of methoxy groups -OCH3 is 1. The molecular weight excluding hydrogens is 301 g/mol. The quantitative estimate of drug-likeness (QED) is 0.493. The molecule has 0 aromatic carbocycles. The van der Waals surface area contributed by atoms with E-state index in [0.717, 1.165) is 23.0 Å². The minimum absolute atomic E-state index is 0.114. The molecule has 0 saturated heterocycles. The smallest absolute Gasteiger partial charge is 0.108 e. The van der Waals surface area contributed by atoms with E-state index < -0.39 is 0 Å². The zero-order valence-corrected chi connectivity index (χ0v) is 11.9. The predicted molar refractivity (Wildman–Crippen MR) is 75.6 cm³/mol. The number of ether oxygens (including phenoxy) is 1. The van der Waals surface area contributed by atoms with Crippen LogP contribution in [-0.4, -0.2) is 20.6 Å². The number of rotatable bonds is 3. The van der Waals surface area contributed by atoms with E-state index in [9.17, 15) is 0 Å². The lowest BCUT2D eigenvalue weighted by molar-refractivity contribution is 0.0437. The van der Waals surface area contributed by atoms with E-state index in [4.69, 9.17) is 10.5 Å². The Bertz CT molecular complexity index is 320. The Balaban J connectivity index is 2.84. The summed E-state index contributed by atoms with van der Waals surface area (Å²) in [6.07, 6.45) is 4.15. The SMILES string of the molecule is C=C(C)CC1=ICC=C(N)[C@@](C)(OC)C1. The van der Waals surface area contributed by atoms with Crippen LogP contribution in [0.3, 0.4) is 0 Å². The molecule has 0 aliphatic carbocycles. The van der Waals surface area contributed by atoms with Crippen molar-refractivity contribution in [3.8, 4) is 0 Å². The van der Waals surface area contributed by atoms with Crippen molar-refractivity contribution in [1.29, 1.82) is 0 Å². The number of nitrogens with two attached hydrogens (primary N) is 1. The van der Waals surface area contributed by atoms with Gasteiger partial charge in [0, 0.05) is 23.7 Å². The van der Waals surface area contributed by atoms with E-state index in [1.807, 2.05) is 0 Å². The molecule has 1 atom stereocenters. The Kier molecular flexibility index (Phi) is 4.52. The maximum atomic E-state index is 6.03. The van der Waals surface area contributed by atoms with Gasteiger partial charge in [0.05, 0.1) is 0 Å². The molecule has 0 bridgehead atoms. The molecule has 0 unspecified atom stereocenters. The summed E-state index contributed by atoms with van der Waals surface area (Å²) < 4.78 is 8.29. The van der Waals surface area contributed by atoms with Gasteiger partial charge < -0.3 is 10.5 Å². The number of hydrogen-bond donors (Lipinski definition) is 1. The lowest BCUT2D eigenvalue weighted by Crippen LogP contribution is -2.36. The number of halogens is 1. The van der Waals surface area contributed by atoms with Gasteiger partial charge in [0.2, 0.25) is 0 Å². The van der Waals surface area contributed by atoms with Gasteiger partial charge in [-0.2, -0.15) is 0 Å². The fourth-order valence-electron chi connectivity index (χ4n) is 1.59. The average molecular weight is 321 g/mol. The largest absolute Gasteiger partial charge is 0.400 e. The van der Waals surface area contributed by atoms with Gasteiger partial charge in [-0.15, -0.1) is 20.7 Å². The molecule has 0 amide bonds. The van der Waals surface area contributed by atoms with Gasteiger partial charge in [0.15, 0.2) is 0 Å². The topological polar surface area (TPSA) is 35.2 Å². The maximum absolute atomic E-state index is 6.03. The van der Waals surface area contributed by atoms with Crippen LogP contribution < -0.4 is 5.73 Å². The fourth-order valence-corrected chi connectivity index (χ4v) is 4.82. The first kappa shape index (κ1) is 12.9. The van der Waals surface area contributed by atoms with E-state index >= 15 is 0 Å². The first-order chi connectivity index (χ1) is 6.98. The van der Waals surface area contributed by atoms with Crippen molar-refractivity contribution in [1.82, 2.24) is 0 Å². The number of alkyl halides is 1. The van der Waals surface area contributed by atoms with Crippen molar-refractivity contribution in [2.45, 2.75) is 32.3 Å². The second-order valence-electron chi connectivity index (χ2n) is 4.21. The molecule has 1 rings (SSSR count). The van der Waals surface area contributed by atoms with Crippen LogP contribution in [0.5, 0.6) is 0 Å². The minimum atomic E-state index is -0.291. The fraction of sp³-hybridized carbons (Fsp3) is 0.583. The molecule has 0 spiro atoms. The summed E-state index contributed by atoms with van der Waals surface area (Å²) in [4.78, 5) is 0. The summed E-state index contributed by atoms with van der Waals surface area (Å²) in [5.41, 5.74) is 7.87. The molecule has 2 nitrogen and oxygen atoms in total. The molecule has 3 heteroatoms. The summed E-state index contributed by atoms with van der Waals surface area (Å²) in [6.45, 7) is 8.14. The second-order valence-corrected chi connectivity index (χ2v) is 7.38. The molecule has 0 fully saturated rings. The third-order valence-corrected chi connectivity index (χ3v) is 5.37. The molecule has 1 heterocycles. The molecule has 0 aromatic heterocycles. The van der Waals surface area contributed by atoms with E-state index in [1.165, 1.54) is 5.57 Å². The van der Waals surface area contributed by atoms with Crippen LogP contribution >= 0.6 is 20.7 Å². The Morgan fingerprint density at radius 1 is 1.73 bits per heavy atom. The predicted octanol–water partition coefficient (Wildman–Crippen LogP) is 2.75. The van der Waals surface area contributed by atoms with Crippen molar-refractivity contribution in [3.05, 3.63) is 23.9 Å². The van der Waals surface area contributed by atoms with E-state index in [0.29, 0.717) is 0 Å². The van der Waals surface area contributed by atoms with Crippen LogP contribution in [0.4, 0.5) is 0 Å². The first-order valence-electron chi connectivity index (χ1n) is 5.07. The summed E-state index contributed by atoms with van der Waals surface area (Å²) >= 11 is 0.114. The number of hydrogen-bond acceptors (Lipinski definition) is 2. The van der Waals surface area contributed by atoms with Gasteiger partial charge in [-0.1, -0.05) is 18.2 Å². The summed E-state index contributed by atoms with van der Waals surface area (Å²) in [7, 11) is 1.74. The van der Waals surface area contributed by atoms with Gasteiger partial charge >= 0.3 is 0 Å². The molecule has 15 heavy (non-hydrogen) atoms. The minimum Gasteiger partial charge on any atom is -0.400 e. The summed E-state index contributed by atoms with van der Waals surface area (Å²) in [5, 5.41) is 0. The van der Waals surface area contributed by atoms with Crippen molar-refractivity contribution in [2.24, 2.45) is 5.73 Å². The third-order valence-electron chi connectivity index (χ3n) is 2.65. The number of allylic oxidation sites excluding steroid dienone is 2. The van der Waals surface area contributed by atoms with Gasteiger partial charge in [-0.05, 0) is 23.8 Å². The Morgan fingerprint density at radius 2 is 2.40 bits per heavy atom. The van der Waals surface area contributed by atoms with Crippen LogP contribution in [0.15, 0.2) is 23.9 Å². The zero-order chi connectivity index (χ0) is 11.5. The Labute approximate surface area is 102 Å². The lowest BCUT2D eigenvalue weighted by Gasteiger charge is -2.28. The third kappa shape index (κ3) is 3.41. The van der Waals surface area contributed by atoms with Crippen LogP contribution in [0.25, 0.3) is 0 Å². The normalized spacial score (nSPS) is 27.1. The van der Waals surface area contributed by atoms with Crippen LogP contribution in [0.1, 0.15) is 26.7 Å².